The fourth-order valence-electron chi connectivity index (χ4n) is 1.99. The van der Waals surface area contributed by atoms with Crippen molar-refractivity contribution in [1.29, 1.82) is 0 Å². The molecule has 120 valence electrons. The van der Waals surface area contributed by atoms with Gasteiger partial charge in [-0.05, 0) is 26.0 Å². The van der Waals surface area contributed by atoms with Crippen molar-refractivity contribution in [2.24, 2.45) is 16.5 Å². The van der Waals surface area contributed by atoms with Gasteiger partial charge >= 0.3 is 6.18 Å². The predicted octanol–water partition coefficient (Wildman–Crippen LogP) is 1.10. The van der Waals surface area contributed by atoms with E-state index in [1.54, 1.807) is 0 Å². The van der Waals surface area contributed by atoms with Gasteiger partial charge in [-0.25, -0.2) is 4.98 Å². The zero-order valence-corrected chi connectivity index (χ0v) is 11.9. The van der Waals surface area contributed by atoms with Crippen LogP contribution < -0.4 is 11.5 Å². The van der Waals surface area contributed by atoms with Crippen LogP contribution in [-0.4, -0.2) is 35.1 Å². The van der Waals surface area contributed by atoms with Crippen molar-refractivity contribution >= 4 is 11.7 Å². The van der Waals surface area contributed by atoms with E-state index in [0.717, 1.165) is 6.92 Å². The van der Waals surface area contributed by atoms with Crippen LogP contribution in [0.1, 0.15) is 30.0 Å². The Morgan fingerprint density at radius 3 is 2.50 bits per heavy atom. The molecule has 0 spiro atoms. The molecule has 2 atom stereocenters. The quantitative estimate of drug-likeness (QED) is 0.852. The minimum absolute atomic E-state index is 0.0170. The third-order valence-electron chi connectivity index (χ3n) is 3.59. The van der Waals surface area contributed by atoms with Crippen LogP contribution in [0.3, 0.4) is 0 Å². The molecule has 0 saturated heterocycles. The lowest BCUT2D eigenvalue weighted by Crippen LogP contribution is -2.60. The van der Waals surface area contributed by atoms with Crippen LogP contribution in [0.15, 0.2) is 23.2 Å². The minimum atomic E-state index is -4.69. The number of ether oxygens (including phenoxy) is 1. The number of nitrogens with zero attached hydrogens (tertiary/aromatic N) is 2. The van der Waals surface area contributed by atoms with Gasteiger partial charge in [0.2, 0.25) is 5.60 Å². The zero-order valence-electron chi connectivity index (χ0n) is 11.9. The number of aromatic nitrogens is 1. The van der Waals surface area contributed by atoms with Crippen molar-refractivity contribution in [3.63, 3.8) is 0 Å². The third-order valence-corrected chi connectivity index (χ3v) is 3.59. The van der Waals surface area contributed by atoms with Crippen LogP contribution in [0.25, 0.3) is 0 Å². The highest BCUT2D eigenvalue weighted by atomic mass is 19.4. The molecule has 4 N–H and O–H groups in total. The Balaban J connectivity index is 2.46. The maximum Gasteiger partial charge on any atom is 0.424 e. The average Bonchev–Trinajstić information content (AvgIpc) is 2.42. The molecule has 2 rings (SSSR count). The van der Waals surface area contributed by atoms with E-state index in [0.29, 0.717) is 0 Å². The summed E-state index contributed by atoms with van der Waals surface area (Å²) in [4.78, 5) is 19.1. The molecular formula is C13H15F3N4O2. The molecule has 1 amide bonds. The van der Waals surface area contributed by atoms with Gasteiger partial charge in [0, 0.05) is 0 Å². The molecule has 0 aliphatic carbocycles. The number of carbonyl (C=O) groups is 1. The number of amidine groups is 1. The molecule has 0 aromatic carbocycles. The van der Waals surface area contributed by atoms with Crippen molar-refractivity contribution in [1.82, 2.24) is 4.98 Å². The Hall–Kier alpha value is -2.16. The lowest BCUT2D eigenvalue weighted by atomic mass is 9.93. The number of primary amides is 1. The van der Waals surface area contributed by atoms with E-state index >= 15 is 0 Å². The summed E-state index contributed by atoms with van der Waals surface area (Å²) in [5.74, 6) is -1.45. The van der Waals surface area contributed by atoms with Crippen molar-refractivity contribution in [3.8, 4) is 0 Å². The van der Waals surface area contributed by atoms with Gasteiger partial charge in [-0.2, -0.15) is 13.2 Å². The number of aliphatic imine (C=N–C) groups is 1. The number of rotatable bonds is 2. The Morgan fingerprint density at radius 1 is 1.36 bits per heavy atom. The van der Waals surface area contributed by atoms with E-state index in [4.69, 9.17) is 16.2 Å². The van der Waals surface area contributed by atoms with Crippen molar-refractivity contribution in [3.05, 3.63) is 29.6 Å². The van der Waals surface area contributed by atoms with Gasteiger partial charge in [0.25, 0.3) is 5.91 Å². The van der Waals surface area contributed by atoms with Crippen LogP contribution in [0.5, 0.6) is 0 Å². The predicted molar refractivity (Wildman–Crippen MR) is 72.1 cm³/mol. The molecule has 9 heteroatoms. The molecule has 0 bridgehead atoms. The monoisotopic (exact) mass is 316 g/mol. The van der Waals surface area contributed by atoms with Crippen LogP contribution in [0, 0.1) is 0 Å². The first-order chi connectivity index (χ1) is 9.99. The van der Waals surface area contributed by atoms with Gasteiger partial charge in [0.05, 0.1) is 12.3 Å². The molecule has 2 heterocycles. The standard InChI is InChI=1S/C13H15F3N4O2/c1-11(8-5-3-4-7(19-8)9(17)21)6-22-12(2,10(18)20-11)13(14,15)16/h3-5H,6H2,1-2H3,(H2,17,21)(H2,18,20). The van der Waals surface area contributed by atoms with E-state index in [9.17, 15) is 18.0 Å². The number of pyridine rings is 1. The molecular weight excluding hydrogens is 301 g/mol. The van der Waals surface area contributed by atoms with E-state index in [1.807, 2.05) is 0 Å². The SMILES string of the molecule is CC1(c2cccc(C(N)=O)n2)COC(C)(C(F)(F)F)C(N)=N1. The van der Waals surface area contributed by atoms with E-state index < -0.39 is 29.1 Å². The van der Waals surface area contributed by atoms with Crippen molar-refractivity contribution in [2.45, 2.75) is 31.2 Å². The van der Waals surface area contributed by atoms with Gasteiger partial charge in [-0.3, -0.25) is 9.79 Å². The summed E-state index contributed by atoms with van der Waals surface area (Å²) in [5.41, 5.74) is 6.99. The summed E-state index contributed by atoms with van der Waals surface area (Å²) in [6, 6.07) is 4.42. The molecule has 1 aromatic rings. The smallest absolute Gasteiger partial charge is 0.385 e. The molecule has 22 heavy (non-hydrogen) atoms. The lowest BCUT2D eigenvalue weighted by Gasteiger charge is -2.40. The molecule has 0 fully saturated rings. The second-order valence-electron chi connectivity index (χ2n) is 5.36. The number of nitrogens with two attached hydrogens (primary N) is 2. The second kappa shape index (κ2) is 4.94. The van der Waals surface area contributed by atoms with Gasteiger partial charge in [-0.1, -0.05) is 6.07 Å². The third kappa shape index (κ3) is 2.52. The average molecular weight is 316 g/mol. The molecule has 0 radical (unpaired) electrons. The van der Waals surface area contributed by atoms with Gasteiger partial charge in [0.15, 0.2) is 0 Å². The largest absolute Gasteiger partial charge is 0.424 e. The minimum Gasteiger partial charge on any atom is -0.385 e. The number of hydrogen-bond acceptors (Lipinski definition) is 5. The number of amides is 1. The second-order valence-corrected chi connectivity index (χ2v) is 5.36. The summed E-state index contributed by atoms with van der Waals surface area (Å²) < 4.78 is 44.1. The number of halogens is 3. The molecule has 1 aromatic heterocycles. The first kappa shape index (κ1) is 16.2. The van der Waals surface area contributed by atoms with E-state index in [-0.39, 0.29) is 18.0 Å². The van der Waals surface area contributed by atoms with Crippen LogP contribution in [-0.2, 0) is 10.3 Å². The normalized spacial score (nSPS) is 29.0. The van der Waals surface area contributed by atoms with Crippen LogP contribution in [0.2, 0.25) is 0 Å². The van der Waals surface area contributed by atoms with E-state index in [1.165, 1.54) is 25.1 Å². The summed E-state index contributed by atoms with van der Waals surface area (Å²) in [6.45, 7) is 1.94. The van der Waals surface area contributed by atoms with Crippen molar-refractivity contribution in [2.75, 3.05) is 6.61 Å². The first-order valence-corrected chi connectivity index (χ1v) is 6.33. The maximum absolute atomic E-state index is 13.0. The maximum atomic E-state index is 13.0. The fourth-order valence-corrected chi connectivity index (χ4v) is 1.99. The Morgan fingerprint density at radius 2 is 2.00 bits per heavy atom. The van der Waals surface area contributed by atoms with E-state index in [2.05, 4.69) is 9.98 Å². The molecule has 0 saturated carbocycles. The van der Waals surface area contributed by atoms with Crippen LogP contribution >= 0.6 is 0 Å². The topological polar surface area (TPSA) is 104 Å². The zero-order chi connectivity index (χ0) is 16.8. The number of alkyl halides is 3. The van der Waals surface area contributed by atoms with Crippen LogP contribution in [0.4, 0.5) is 13.2 Å². The summed E-state index contributed by atoms with van der Waals surface area (Å²) in [7, 11) is 0. The van der Waals surface area contributed by atoms with Gasteiger partial charge in [-0.15, -0.1) is 0 Å². The van der Waals surface area contributed by atoms with Gasteiger partial charge < -0.3 is 16.2 Å². The molecule has 2 unspecified atom stereocenters. The highest BCUT2D eigenvalue weighted by Gasteiger charge is 2.59. The Kier molecular flexibility index (Phi) is 3.64. The fraction of sp³-hybridized carbons (Fsp3) is 0.462. The molecule has 6 nitrogen and oxygen atoms in total. The molecule has 1 aliphatic heterocycles. The highest BCUT2D eigenvalue weighted by Crippen LogP contribution is 2.40. The molecule has 1 aliphatic rings. The highest BCUT2D eigenvalue weighted by molar-refractivity contribution is 5.91. The summed E-state index contributed by atoms with van der Waals surface area (Å²) in [5, 5.41) is 0. The summed E-state index contributed by atoms with van der Waals surface area (Å²) >= 11 is 0. The lowest BCUT2D eigenvalue weighted by molar-refractivity contribution is -0.249. The number of carbonyl (C=O) groups excluding carboxylic acids is 1. The van der Waals surface area contributed by atoms with Crippen molar-refractivity contribution < 1.29 is 22.7 Å². The summed E-state index contributed by atoms with van der Waals surface area (Å²) in [6.07, 6.45) is -4.69. The van der Waals surface area contributed by atoms with Gasteiger partial charge in [0.1, 0.15) is 17.1 Å². The Labute approximate surface area is 124 Å². The number of hydrogen-bond donors (Lipinski definition) is 2. The first-order valence-electron chi connectivity index (χ1n) is 6.33. The Bertz CT molecular complexity index is 646.